The molecule has 31 heavy (non-hydrogen) atoms. The molecule has 3 aromatic carbocycles. The van der Waals surface area contributed by atoms with Crippen LogP contribution in [0, 0.1) is 10.1 Å². The van der Waals surface area contributed by atoms with Gasteiger partial charge in [0, 0.05) is 21.7 Å². The lowest BCUT2D eigenvalue weighted by atomic mass is 10.2. The number of benzene rings is 3. The minimum Gasteiger partial charge on any atom is -0.415 e. The number of hydrogen-bond acceptors (Lipinski definition) is 6. The van der Waals surface area contributed by atoms with Gasteiger partial charge in [0.1, 0.15) is 0 Å². The molecule has 0 unspecified atom stereocenters. The summed E-state index contributed by atoms with van der Waals surface area (Å²) in [5.74, 6) is -1.67. The number of esters is 1. The van der Waals surface area contributed by atoms with E-state index in [4.69, 9.17) is 16.3 Å². The molecule has 8 nitrogen and oxygen atoms in total. The Labute approximate surface area is 189 Å². The zero-order valence-electron chi connectivity index (χ0n) is 15.6. The second kappa shape index (κ2) is 9.96. The number of ether oxygens (including phenoxy) is 1. The van der Waals surface area contributed by atoms with Gasteiger partial charge in [-0.15, -0.1) is 0 Å². The molecule has 0 aliphatic heterocycles. The zero-order chi connectivity index (χ0) is 22.4. The van der Waals surface area contributed by atoms with Crippen LogP contribution in [0.4, 0.5) is 5.69 Å². The van der Waals surface area contributed by atoms with Gasteiger partial charge in [0.05, 0.1) is 21.7 Å². The number of carbonyl (C=O) groups excluding carboxylic acids is 2. The fraction of sp³-hybridized carbons (Fsp3) is 0. The van der Waals surface area contributed by atoms with Crippen molar-refractivity contribution >= 4 is 51.3 Å². The maximum absolute atomic E-state index is 12.5. The quantitative estimate of drug-likeness (QED) is 0.168. The number of nitrogens with one attached hydrogen (secondary N) is 1. The van der Waals surface area contributed by atoms with Crippen molar-refractivity contribution in [3.63, 3.8) is 0 Å². The van der Waals surface area contributed by atoms with E-state index in [1.165, 1.54) is 30.3 Å². The van der Waals surface area contributed by atoms with Crippen molar-refractivity contribution in [2.75, 3.05) is 0 Å². The first kappa shape index (κ1) is 22.1. The molecule has 0 atom stereocenters. The van der Waals surface area contributed by atoms with Crippen LogP contribution in [-0.2, 0) is 0 Å². The summed E-state index contributed by atoms with van der Waals surface area (Å²) in [6, 6.07) is 16.8. The van der Waals surface area contributed by atoms with Gasteiger partial charge in [-0.2, -0.15) is 5.10 Å². The van der Waals surface area contributed by atoms with Gasteiger partial charge >= 0.3 is 11.7 Å². The molecule has 0 fully saturated rings. The lowest BCUT2D eigenvalue weighted by molar-refractivity contribution is -0.385. The molecular formula is C21H13BrClN3O5. The van der Waals surface area contributed by atoms with Crippen molar-refractivity contribution in [3.8, 4) is 5.75 Å². The van der Waals surface area contributed by atoms with E-state index in [2.05, 4.69) is 26.5 Å². The number of para-hydroxylation sites is 1. The number of rotatable bonds is 6. The minimum absolute atomic E-state index is 0.0498. The van der Waals surface area contributed by atoms with Crippen LogP contribution < -0.4 is 10.2 Å². The number of halogens is 2. The highest BCUT2D eigenvalue weighted by Gasteiger charge is 2.23. The lowest BCUT2D eigenvalue weighted by Gasteiger charge is -2.09. The Morgan fingerprint density at radius 1 is 1.06 bits per heavy atom. The fourth-order valence-electron chi connectivity index (χ4n) is 2.50. The first-order valence-electron chi connectivity index (χ1n) is 8.70. The number of hydrazone groups is 1. The van der Waals surface area contributed by atoms with Crippen molar-refractivity contribution < 1.29 is 19.2 Å². The minimum atomic E-state index is -0.867. The van der Waals surface area contributed by atoms with Crippen molar-refractivity contribution in [3.05, 3.63) is 103 Å². The molecule has 3 aromatic rings. The lowest BCUT2D eigenvalue weighted by Crippen LogP contribution is -2.17. The first-order valence-corrected chi connectivity index (χ1v) is 9.87. The van der Waals surface area contributed by atoms with Gasteiger partial charge in [0.15, 0.2) is 0 Å². The summed E-state index contributed by atoms with van der Waals surface area (Å²) in [6.45, 7) is 0. The smallest absolute Gasteiger partial charge is 0.345 e. The highest BCUT2D eigenvalue weighted by Crippen LogP contribution is 2.31. The van der Waals surface area contributed by atoms with E-state index in [1.54, 1.807) is 36.4 Å². The van der Waals surface area contributed by atoms with Crippen LogP contribution in [0.1, 0.15) is 26.3 Å². The SMILES string of the molecule is O=C(N/N=C/c1cccc([N+](=O)[O-])c1OC(=O)c1ccccc1Cl)c1ccc(Br)cc1. The predicted molar refractivity (Wildman–Crippen MR) is 119 cm³/mol. The molecule has 0 saturated carbocycles. The van der Waals surface area contributed by atoms with E-state index in [0.29, 0.717) is 5.56 Å². The van der Waals surface area contributed by atoms with Crippen LogP contribution in [0.2, 0.25) is 5.02 Å². The maximum atomic E-state index is 12.5. The van der Waals surface area contributed by atoms with Crippen molar-refractivity contribution in [2.24, 2.45) is 5.10 Å². The van der Waals surface area contributed by atoms with Crippen molar-refractivity contribution in [1.82, 2.24) is 5.43 Å². The van der Waals surface area contributed by atoms with E-state index in [9.17, 15) is 19.7 Å². The third kappa shape index (κ3) is 5.53. The Morgan fingerprint density at radius 3 is 2.45 bits per heavy atom. The molecule has 0 aromatic heterocycles. The van der Waals surface area contributed by atoms with E-state index in [-0.39, 0.29) is 21.9 Å². The van der Waals surface area contributed by atoms with Crippen molar-refractivity contribution in [1.29, 1.82) is 0 Å². The van der Waals surface area contributed by atoms with E-state index in [0.717, 1.165) is 10.7 Å². The van der Waals surface area contributed by atoms with E-state index in [1.807, 2.05) is 0 Å². The Bertz CT molecular complexity index is 1180. The number of nitrogens with zero attached hydrogens (tertiary/aromatic N) is 2. The molecule has 1 N–H and O–H groups in total. The fourth-order valence-corrected chi connectivity index (χ4v) is 2.98. The monoisotopic (exact) mass is 501 g/mol. The van der Waals surface area contributed by atoms with Gasteiger partial charge in [-0.25, -0.2) is 10.2 Å². The predicted octanol–water partition coefficient (Wildman–Crippen LogP) is 4.99. The summed E-state index contributed by atoms with van der Waals surface area (Å²) in [7, 11) is 0. The largest absolute Gasteiger partial charge is 0.415 e. The van der Waals surface area contributed by atoms with Crippen LogP contribution in [-0.4, -0.2) is 23.0 Å². The normalized spacial score (nSPS) is 10.6. The first-order chi connectivity index (χ1) is 14.9. The van der Waals surface area contributed by atoms with Gasteiger partial charge in [0.25, 0.3) is 5.91 Å². The summed E-state index contributed by atoms with van der Waals surface area (Å²) in [5, 5.41) is 15.4. The molecule has 0 heterocycles. The Kier molecular flexibility index (Phi) is 7.11. The molecule has 3 rings (SSSR count). The molecule has 10 heteroatoms. The second-order valence-corrected chi connectivity index (χ2v) is 7.35. The molecule has 0 aliphatic rings. The van der Waals surface area contributed by atoms with Gasteiger partial charge in [-0.1, -0.05) is 45.7 Å². The van der Waals surface area contributed by atoms with Gasteiger partial charge < -0.3 is 4.74 Å². The van der Waals surface area contributed by atoms with Gasteiger partial charge in [0.2, 0.25) is 5.75 Å². The van der Waals surface area contributed by atoms with Gasteiger partial charge in [-0.3, -0.25) is 14.9 Å². The second-order valence-electron chi connectivity index (χ2n) is 6.03. The summed E-state index contributed by atoms with van der Waals surface area (Å²) in [4.78, 5) is 35.4. The number of nitro groups is 1. The molecule has 1 amide bonds. The Balaban J connectivity index is 1.85. The zero-order valence-corrected chi connectivity index (χ0v) is 18.0. The Hall–Kier alpha value is -3.56. The average Bonchev–Trinajstić information content (AvgIpc) is 2.75. The Morgan fingerprint density at radius 2 is 1.77 bits per heavy atom. The number of hydrogen-bond donors (Lipinski definition) is 1. The highest BCUT2D eigenvalue weighted by molar-refractivity contribution is 9.10. The maximum Gasteiger partial charge on any atom is 0.345 e. The average molecular weight is 503 g/mol. The molecule has 0 bridgehead atoms. The number of carbonyl (C=O) groups is 2. The standard InChI is InChI=1S/C21H13BrClN3O5/c22-15-10-8-13(9-11-15)20(27)25-24-12-14-4-3-7-18(26(29)30)19(14)31-21(28)16-5-1-2-6-17(16)23/h1-12H,(H,25,27)/b24-12+. The van der Waals surface area contributed by atoms with E-state index >= 15 is 0 Å². The summed E-state index contributed by atoms with van der Waals surface area (Å²) in [5.41, 5.74) is 2.41. The molecule has 0 aliphatic carbocycles. The number of amides is 1. The van der Waals surface area contributed by atoms with Crippen LogP contribution in [0.25, 0.3) is 0 Å². The van der Waals surface area contributed by atoms with Crippen LogP contribution in [0.15, 0.2) is 76.3 Å². The summed E-state index contributed by atoms with van der Waals surface area (Å²) < 4.78 is 6.10. The van der Waals surface area contributed by atoms with Crippen LogP contribution in [0.3, 0.4) is 0 Å². The topological polar surface area (TPSA) is 111 Å². The van der Waals surface area contributed by atoms with Crippen LogP contribution >= 0.6 is 27.5 Å². The summed E-state index contributed by atoms with van der Waals surface area (Å²) in [6.07, 6.45) is 1.15. The molecule has 0 spiro atoms. The van der Waals surface area contributed by atoms with Gasteiger partial charge in [-0.05, 0) is 42.5 Å². The van der Waals surface area contributed by atoms with Crippen molar-refractivity contribution in [2.45, 2.75) is 0 Å². The third-order valence-electron chi connectivity index (χ3n) is 3.99. The number of nitro benzene ring substituents is 1. The van der Waals surface area contributed by atoms with Crippen LogP contribution in [0.5, 0.6) is 5.75 Å². The third-order valence-corrected chi connectivity index (χ3v) is 4.84. The molecular weight excluding hydrogens is 490 g/mol. The summed E-state index contributed by atoms with van der Waals surface area (Å²) >= 11 is 9.28. The molecule has 156 valence electrons. The highest BCUT2D eigenvalue weighted by atomic mass is 79.9. The molecule has 0 radical (unpaired) electrons. The van der Waals surface area contributed by atoms with E-state index < -0.39 is 22.5 Å². The molecule has 0 saturated heterocycles.